The molecule has 1 aliphatic rings. The largest absolute Gasteiger partial charge is 0.393 e. The molecule has 1 N–H and O–H groups in total. The van der Waals surface area contributed by atoms with E-state index in [-0.39, 0.29) is 17.9 Å². The molecule has 1 aliphatic heterocycles. The number of hydrogen-bond donors (Lipinski definition) is 1. The summed E-state index contributed by atoms with van der Waals surface area (Å²) in [6.45, 7) is 1.19. The highest BCUT2D eigenvalue weighted by atomic mass is 16.3. The molecule has 1 saturated heterocycles. The van der Waals surface area contributed by atoms with Crippen LogP contribution >= 0.6 is 0 Å². The second-order valence-electron chi connectivity index (χ2n) is 6.37. The zero-order chi connectivity index (χ0) is 16.9. The van der Waals surface area contributed by atoms with Crippen LogP contribution in [-0.2, 0) is 18.3 Å². The quantitative estimate of drug-likeness (QED) is 0.873. The molecule has 0 bridgehead atoms. The van der Waals surface area contributed by atoms with E-state index in [1.807, 2.05) is 36.3 Å². The number of carbonyl (C=O) groups excluding carboxylic acids is 1. The van der Waals surface area contributed by atoms with Gasteiger partial charge in [-0.05, 0) is 24.5 Å². The van der Waals surface area contributed by atoms with Crippen LogP contribution < -0.4 is 0 Å². The van der Waals surface area contributed by atoms with E-state index in [1.165, 1.54) is 5.56 Å². The van der Waals surface area contributed by atoms with Crippen molar-refractivity contribution < 1.29 is 9.90 Å². The van der Waals surface area contributed by atoms with Crippen molar-refractivity contribution in [3.8, 4) is 0 Å². The van der Waals surface area contributed by atoms with Crippen LogP contribution in [0.5, 0.6) is 0 Å². The lowest BCUT2D eigenvalue weighted by atomic mass is 9.88. The molecule has 0 radical (unpaired) electrons. The van der Waals surface area contributed by atoms with E-state index < -0.39 is 0 Å². The molecule has 1 amide bonds. The molecule has 1 aromatic carbocycles. The molecule has 3 rings (SSSR count). The van der Waals surface area contributed by atoms with E-state index in [4.69, 9.17) is 0 Å². The number of aliphatic hydroxyl groups is 1. The average molecular weight is 325 g/mol. The summed E-state index contributed by atoms with van der Waals surface area (Å²) >= 11 is 0. The van der Waals surface area contributed by atoms with Gasteiger partial charge in [-0.3, -0.25) is 9.48 Å². The number of aromatic nitrogens is 2. The van der Waals surface area contributed by atoms with Gasteiger partial charge >= 0.3 is 0 Å². The van der Waals surface area contributed by atoms with Gasteiger partial charge in [-0.15, -0.1) is 0 Å². The van der Waals surface area contributed by atoms with Gasteiger partial charge in [0.1, 0.15) is 0 Å². The van der Waals surface area contributed by atoms with Crippen molar-refractivity contribution in [3.05, 3.63) is 59.9 Å². The fourth-order valence-corrected chi connectivity index (χ4v) is 3.14. The Balaban J connectivity index is 1.61. The fraction of sp³-hybridized carbons (Fsp3) is 0.368. The molecule has 0 aliphatic carbocycles. The second-order valence-corrected chi connectivity index (χ2v) is 6.37. The molecule has 2 aromatic rings. The summed E-state index contributed by atoms with van der Waals surface area (Å²) in [5.74, 6) is 0.0701. The first kappa shape index (κ1) is 16.5. The topological polar surface area (TPSA) is 58.4 Å². The Morgan fingerprint density at radius 2 is 2.17 bits per heavy atom. The number of hydrogen-bond acceptors (Lipinski definition) is 3. The zero-order valence-corrected chi connectivity index (χ0v) is 13.9. The van der Waals surface area contributed by atoms with Crippen LogP contribution in [0.15, 0.2) is 48.8 Å². The molecule has 5 heteroatoms. The van der Waals surface area contributed by atoms with Crippen molar-refractivity contribution in [2.24, 2.45) is 13.0 Å². The monoisotopic (exact) mass is 325 g/mol. The van der Waals surface area contributed by atoms with Crippen LogP contribution in [0.1, 0.15) is 17.5 Å². The Kier molecular flexibility index (Phi) is 5.11. The summed E-state index contributed by atoms with van der Waals surface area (Å²) in [4.78, 5) is 14.2. The summed E-state index contributed by atoms with van der Waals surface area (Å²) in [7, 11) is 1.85. The number of benzene rings is 1. The smallest absolute Gasteiger partial charge is 0.246 e. The van der Waals surface area contributed by atoms with Crippen LogP contribution in [0, 0.1) is 5.92 Å². The number of carbonyl (C=O) groups is 1. The van der Waals surface area contributed by atoms with Crippen molar-refractivity contribution in [3.63, 3.8) is 0 Å². The Morgan fingerprint density at radius 1 is 1.38 bits per heavy atom. The van der Waals surface area contributed by atoms with E-state index in [9.17, 15) is 9.90 Å². The number of piperidine rings is 1. The van der Waals surface area contributed by atoms with Gasteiger partial charge in [0.15, 0.2) is 0 Å². The lowest BCUT2D eigenvalue weighted by molar-refractivity contribution is -0.129. The van der Waals surface area contributed by atoms with Crippen molar-refractivity contribution >= 4 is 12.0 Å². The molecule has 1 aromatic heterocycles. The molecule has 0 saturated carbocycles. The summed E-state index contributed by atoms with van der Waals surface area (Å²) in [6.07, 6.45) is 8.03. The maximum absolute atomic E-state index is 12.4. The van der Waals surface area contributed by atoms with Gasteiger partial charge < -0.3 is 10.0 Å². The minimum absolute atomic E-state index is 0.0104. The number of amides is 1. The van der Waals surface area contributed by atoms with E-state index in [0.29, 0.717) is 19.5 Å². The van der Waals surface area contributed by atoms with Gasteiger partial charge in [0.25, 0.3) is 0 Å². The Hall–Kier alpha value is -2.40. The predicted octanol–water partition coefficient (Wildman–Crippen LogP) is 1.89. The normalized spacial score (nSPS) is 21.3. The third kappa shape index (κ3) is 4.11. The van der Waals surface area contributed by atoms with E-state index in [1.54, 1.807) is 23.0 Å². The Labute approximate surface area is 142 Å². The van der Waals surface area contributed by atoms with Crippen LogP contribution in [0.4, 0.5) is 0 Å². The number of aliphatic hydroxyl groups excluding tert-OH is 1. The third-order valence-corrected chi connectivity index (χ3v) is 4.49. The summed E-state index contributed by atoms with van der Waals surface area (Å²) in [5.41, 5.74) is 2.10. The van der Waals surface area contributed by atoms with E-state index in [0.717, 1.165) is 12.0 Å². The van der Waals surface area contributed by atoms with Gasteiger partial charge in [-0.25, -0.2) is 0 Å². The van der Waals surface area contributed by atoms with Gasteiger partial charge in [-0.2, -0.15) is 5.10 Å². The van der Waals surface area contributed by atoms with E-state index in [2.05, 4.69) is 17.2 Å². The van der Waals surface area contributed by atoms with Crippen LogP contribution in [0.2, 0.25) is 0 Å². The number of aryl methyl sites for hydroxylation is 1. The standard InChI is InChI=1S/C19H23N3O2/c1-21-13-16(12-20-21)7-8-19(24)22-10-9-18(23)17(14-22)11-15-5-3-2-4-6-15/h2-8,12-13,17-18,23H,9-11,14H2,1H3/b8-7+/t17-,18+/m1/s1. The molecule has 1 fully saturated rings. The van der Waals surface area contributed by atoms with Crippen LogP contribution in [-0.4, -0.2) is 44.9 Å². The van der Waals surface area contributed by atoms with Crippen LogP contribution in [0.3, 0.4) is 0 Å². The predicted molar refractivity (Wildman–Crippen MR) is 93.1 cm³/mol. The first-order valence-electron chi connectivity index (χ1n) is 8.29. The summed E-state index contributed by atoms with van der Waals surface area (Å²) in [5, 5.41) is 14.4. The van der Waals surface area contributed by atoms with Gasteiger partial charge in [-0.1, -0.05) is 30.3 Å². The minimum atomic E-state index is -0.350. The first-order chi connectivity index (χ1) is 11.6. The van der Waals surface area contributed by atoms with Crippen molar-refractivity contribution in [2.75, 3.05) is 13.1 Å². The van der Waals surface area contributed by atoms with Crippen LogP contribution in [0.25, 0.3) is 6.08 Å². The van der Waals surface area contributed by atoms with Gasteiger partial charge in [0, 0.05) is 43.9 Å². The zero-order valence-electron chi connectivity index (χ0n) is 13.9. The molecule has 126 valence electrons. The average Bonchev–Trinajstić information content (AvgIpc) is 3.01. The highest BCUT2D eigenvalue weighted by molar-refractivity contribution is 5.91. The number of rotatable bonds is 4. The summed E-state index contributed by atoms with van der Waals surface area (Å²) < 4.78 is 1.71. The maximum Gasteiger partial charge on any atom is 0.246 e. The van der Waals surface area contributed by atoms with E-state index >= 15 is 0 Å². The number of nitrogens with zero attached hydrogens (tertiary/aromatic N) is 3. The lowest BCUT2D eigenvalue weighted by Gasteiger charge is -2.35. The molecule has 0 spiro atoms. The van der Waals surface area contributed by atoms with Crippen molar-refractivity contribution in [1.82, 2.24) is 14.7 Å². The maximum atomic E-state index is 12.4. The Bertz CT molecular complexity index is 708. The first-order valence-corrected chi connectivity index (χ1v) is 8.29. The third-order valence-electron chi connectivity index (χ3n) is 4.49. The highest BCUT2D eigenvalue weighted by Gasteiger charge is 2.29. The SMILES string of the molecule is Cn1cc(/C=C/C(=O)N2CC[C@H](O)[C@H](Cc3ccccc3)C2)cn1. The molecule has 2 atom stereocenters. The number of likely N-dealkylation sites (tertiary alicyclic amines) is 1. The highest BCUT2D eigenvalue weighted by Crippen LogP contribution is 2.22. The molecular weight excluding hydrogens is 302 g/mol. The summed E-state index contributed by atoms with van der Waals surface area (Å²) in [6, 6.07) is 10.1. The minimum Gasteiger partial charge on any atom is -0.393 e. The van der Waals surface area contributed by atoms with Gasteiger partial charge in [0.2, 0.25) is 5.91 Å². The molecule has 5 nitrogen and oxygen atoms in total. The molecular formula is C19H23N3O2. The Morgan fingerprint density at radius 3 is 2.88 bits per heavy atom. The fourth-order valence-electron chi connectivity index (χ4n) is 3.14. The molecule has 24 heavy (non-hydrogen) atoms. The van der Waals surface area contributed by atoms with Gasteiger partial charge in [0.05, 0.1) is 12.3 Å². The second kappa shape index (κ2) is 7.45. The van der Waals surface area contributed by atoms with Crippen molar-refractivity contribution in [2.45, 2.75) is 18.9 Å². The lowest BCUT2D eigenvalue weighted by Crippen LogP contribution is -2.46. The molecule has 2 heterocycles. The van der Waals surface area contributed by atoms with Crippen molar-refractivity contribution in [1.29, 1.82) is 0 Å². The molecule has 0 unspecified atom stereocenters.